The third-order valence-electron chi connectivity index (χ3n) is 2.82. The van der Waals surface area contributed by atoms with Gasteiger partial charge in [-0.05, 0) is 49.6 Å². The van der Waals surface area contributed by atoms with Crippen molar-refractivity contribution in [1.29, 1.82) is 0 Å². The molecule has 0 amide bonds. The van der Waals surface area contributed by atoms with Crippen molar-refractivity contribution in [2.24, 2.45) is 0 Å². The summed E-state index contributed by atoms with van der Waals surface area (Å²) in [4.78, 5) is 1.10. The molecule has 2 aromatic rings. The molecule has 0 atom stereocenters. The number of anilines is 1. The molecular weight excluding hydrogens is 386 g/mol. The maximum atomic E-state index is 12.6. The predicted octanol–water partition coefficient (Wildman–Crippen LogP) is 4.37. The Morgan fingerprint density at radius 2 is 2.00 bits per heavy atom. The van der Waals surface area contributed by atoms with Crippen molar-refractivity contribution in [2.75, 3.05) is 17.6 Å². The maximum absolute atomic E-state index is 12.6. The van der Waals surface area contributed by atoms with Crippen LogP contribution in [-0.4, -0.2) is 21.3 Å². The summed E-state index contributed by atoms with van der Waals surface area (Å²) in [5.74, 6) is 0.333. The molecule has 118 valence electrons. The molecule has 1 N–H and O–H groups in total. The number of rotatable bonds is 6. The molecule has 22 heavy (non-hydrogen) atoms. The van der Waals surface area contributed by atoms with Crippen LogP contribution < -0.4 is 9.46 Å². The van der Waals surface area contributed by atoms with Gasteiger partial charge < -0.3 is 4.74 Å². The fraction of sp³-hybridized carbons (Fsp3) is 0.200. The van der Waals surface area contributed by atoms with Gasteiger partial charge in [-0.25, -0.2) is 8.42 Å². The van der Waals surface area contributed by atoms with E-state index in [9.17, 15) is 8.42 Å². The normalized spacial score (nSPS) is 11.2. The van der Waals surface area contributed by atoms with Crippen molar-refractivity contribution in [1.82, 2.24) is 0 Å². The van der Waals surface area contributed by atoms with Crippen LogP contribution in [0.5, 0.6) is 5.75 Å². The molecule has 0 unspecified atom stereocenters. The number of benzene rings is 2. The van der Waals surface area contributed by atoms with Crippen LogP contribution in [0.4, 0.5) is 5.69 Å². The molecular formula is C15H16BrNO3S2. The lowest BCUT2D eigenvalue weighted by molar-refractivity contribution is 0.331. The molecule has 0 saturated carbocycles. The van der Waals surface area contributed by atoms with Gasteiger partial charge in [-0.15, -0.1) is 11.8 Å². The molecule has 0 fully saturated rings. The zero-order valence-corrected chi connectivity index (χ0v) is 15.4. The number of hydrogen-bond donors (Lipinski definition) is 1. The van der Waals surface area contributed by atoms with Crippen LogP contribution in [0.25, 0.3) is 0 Å². The van der Waals surface area contributed by atoms with Gasteiger partial charge in [-0.2, -0.15) is 0 Å². The summed E-state index contributed by atoms with van der Waals surface area (Å²) >= 11 is 4.85. The lowest BCUT2D eigenvalue weighted by Crippen LogP contribution is -2.14. The Bertz CT molecular complexity index is 763. The van der Waals surface area contributed by atoms with Gasteiger partial charge in [0.15, 0.2) is 0 Å². The van der Waals surface area contributed by atoms with Gasteiger partial charge in [-0.3, -0.25) is 4.72 Å². The topological polar surface area (TPSA) is 55.4 Å². The van der Waals surface area contributed by atoms with Gasteiger partial charge in [0, 0.05) is 15.1 Å². The van der Waals surface area contributed by atoms with E-state index in [1.54, 1.807) is 36.0 Å². The van der Waals surface area contributed by atoms with Gasteiger partial charge in [-0.1, -0.05) is 22.0 Å². The Morgan fingerprint density at radius 3 is 2.68 bits per heavy atom. The van der Waals surface area contributed by atoms with E-state index in [0.717, 1.165) is 4.90 Å². The summed E-state index contributed by atoms with van der Waals surface area (Å²) in [5, 5.41) is 0. The second kappa shape index (κ2) is 7.39. The van der Waals surface area contributed by atoms with E-state index in [2.05, 4.69) is 20.7 Å². The third kappa shape index (κ3) is 4.18. The van der Waals surface area contributed by atoms with E-state index in [1.165, 1.54) is 6.07 Å². The highest BCUT2D eigenvalue weighted by atomic mass is 79.9. The maximum Gasteiger partial charge on any atom is 0.265 e. The van der Waals surface area contributed by atoms with Crippen LogP contribution in [0.3, 0.4) is 0 Å². The molecule has 4 nitrogen and oxygen atoms in total. The van der Waals surface area contributed by atoms with Crippen molar-refractivity contribution >= 4 is 43.4 Å². The first-order chi connectivity index (χ1) is 10.5. The van der Waals surface area contributed by atoms with E-state index in [-0.39, 0.29) is 4.90 Å². The first kappa shape index (κ1) is 17.2. The van der Waals surface area contributed by atoms with Crippen LogP contribution >= 0.6 is 27.7 Å². The third-order valence-corrected chi connectivity index (χ3v) is 5.44. The van der Waals surface area contributed by atoms with Gasteiger partial charge in [0.2, 0.25) is 0 Å². The largest absolute Gasteiger partial charge is 0.492 e. The number of hydrogen-bond acceptors (Lipinski definition) is 4. The molecule has 0 aliphatic rings. The Hall–Kier alpha value is -1.18. The predicted molar refractivity (Wildman–Crippen MR) is 94.3 cm³/mol. The number of ether oxygens (including phenoxy) is 1. The first-order valence-corrected chi connectivity index (χ1v) is 10.1. The van der Waals surface area contributed by atoms with Crippen LogP contribution in [-0.2, 0) is 10.0 Å². The molecule has 0 aliphatic carbocycles. The minimum Gasteiger partial charge on any atom is -0.492 e. The number of thioether (sulfide) groups is 1. The average Bonchev–Trinajstić information content (AvgIpc) is 2.49. The first-order valence-electron chi connectivity index (χ1n) is 6.55. The van der Waals surface area contributed by atoms with Gasteiger partial charge in [0.1, 0.15) is 10.6 Å². The highest BCUT2D eigenvalue weighted by Gasteiger charge is 2.20. The summed E-state index contributed by atoms with van der Waals surface area (Å²) < 4.78 is 33.9. The Kier molecular flexibility index (Phi) is 5.77. The summed E-state index contributed by atoms with van der Waals surface area (Å²) in [7, 11) is -3.73. The molecule has 0 heterocycles. The van der Waals surface area contributed by atoms with Gasteiger partial charge in [0.25, 0.3) is 10.0 Å². The smallest absolute Gasteiger partial charge is 0.265 e. The van der Waals surface area contributed by atoms with E-state index < -0.39 is 10.0 Å². The van der Waals surface area contributed by atoms with E-state index >= 15 is 0 Å². The second-order valence-corrected chi connectivity index (χ2v) is 7.81. The van der Waals surface area contributed by atoms with Gasteiger partial charge >= 0.3 is 0 Å². The van der Waals surface area contributed by atoms with Crippen LogP contribution in [0.1, 0.15) is 6.92 Å². The molecule has 0 aromatic heterocycles. The van der Waals surface area contributed by atoms with Crippen molar-refractivity contribution in [3.05, 3.63) is 46.9 Å². The monoisotopic (exact) mass is 401 g/mol. The SMILES string of the molecule is CCOc1ccc(Br)cc1S(=O)(=O)Nc1cccc(SC)c1. The Balaban J connectivity index is 2.39. The molecule has 2 rings (SSSR count). The van der Waals surface area contributed by atoms with Crippen molar-refractivity contribution in [3.8, 4) is 5.75 Å². The molecule has 0 aliphatic heterocycles. The lowest BCUT2D eigenvalue weighted by atomic mass is 10.3. The van der Waals surface area contributed by atoms with Crippen LogP contribution in [0, 0.1) is 0 Å². The molecule has 0 spiro atoms. The zero-order valence-electron chi connectivity index (χ0n) is 12.2. The fourth-order valence-corrected chi connectivity index (χ4v) is 4.06. The van der Waals surface area contributed by atoms with Crippen LogP contribution in [0.15, 0.2) is 56.7 Å². The minimum absolute atomic E-state index is 0.110. The highest BCUT2D eigenvalue weighted by Crippen LogP contribution is 2.30. The second-order valence-electron chi connectivity index (χ2n) is 4.36. The van der Waals surface area contributed by atoms with Crippen LogP contribution in [0.2, 0.25) is 0 Å². The minimum atomic E-state index is -3.73. The lowest BCUT2D eigenvalue weighted by Gasteiger charge is -2.13. The summed E-state index contributed by atoms with van der Waals surface area (Å²) in [6, 6.07) is 12.2. The zero-order chi connectivity index (χ0) is 16.2. The fourth-order valence-electron chi connectivity index (χ4n) is 1.86. The van der Waals surface area contributed by atoms with Gasteiger partial charge in [0.05, 0.1) is 6.61 Å². The molecule has 2 aromatic carbocycles. The van der Waals surface area contributed by atoms with Crippen molar-refractivity contribution < 1.29 is 13.2 Å². The van der Waals surface area contributed by atoms with E-state index in [1.807, 2.05) is 25.3 Å². The Labute approximate surface area is 143 Å². The van der Waals surface area contributed by atoms with Crippen molar-refractivity contribution in [2.45, 2.75) is 16.7 Å². The molecule has 0 saturated heterocycles. The standard InChI is InChI=1S/C15H16BrNO3S2/c1-3-20-14-8-7-11(16)9-15(14)22(18,19)17-12-5-4-6-13(10-12)21-2/h4-10,17H,3H2,1-2H3. The summed E-state index contributed by atoms with van der Waals surface area (Å²) in [6.45, 7) is 2.21. The van der Waals surface area contributed by atoms with E-state index in [4.69, 9.17) is 4.74 Å². The quantitative estimate of drug-likeness (QED) is 0.729. The molecule has 0 radical (unpaired) electrons. The molecule has 7 heteroatoms. The number of halogens is 1. The summed E-state index contributed by atoms with van der Waals surface area (Å²) in [6.07, 6.45) is 1.94. The molecule has 0 bridgehead atoms. The van der Waals surface area contributed by atoms with Crippen molar-refractivity contribution in [3.63, 3.8) is 0 Å². The van der Waals surface area contributed by atoms with E-state index in [0.29, 0.717) is 22.5 Å². The average molecular weight is 402 g/mol. The number of nitrogens with one attached hydrogen (secondary N) is 1. The highest BCUT2D eigenvalue weighted by molar-refractivity contribution is 9.10. The summed E-state index contributed by atoms with van der Waals surface area (Å²) in [5.41, 5.74) is 0.522. The Morgan fingerprint density at radius 1 is 1.23 bits per heavy atom. The number of sulfonamides is 1.